The number of benzene rings is 2. The van der Waals surface area contributed by atoms with Crippen LogP contribution >= 0.6 is 0 Å². The Morgan fingerprint density at radius 1 is 1.03 bits per heavy atom. The molecule has 3 amide bonds. The summed E-state index contributed by atoms with van der Waals surface area (Å²) in [5.74, 6) is 2.75. The predicted molar refractivity (Wildman–Crippen MR) is 217 cm³/mol. The molecule has 14 nitrogen and oxygen atoms in total. The van der Waals surface area contributed by atoms with Gasteiger partial charge >= 0.3 is 25.5 Å². The fraction of sp³-hybridized carbons (Fsp3) is 0.442. The summed E-state index contributed by atoms with van der Waals surface area (Å²) in [6.07, 6.45) is 9.44. The molecule has 4 aliphatic heterocycles. The maximum Gasteiger partial charge on any atom is 1.00 e. The quantitative estimate of drug-likeness (QED) is 0.121. The molecule has 2 saturated carbocycles. The number of pyridine rings is 2. The molecule has 59 heavy (non-hydrogen) atoms. The van der Waals surface area contributed by atoms with Crippen LogP contribution < -0.4 is 31.3 Å². The Morgan fingerprint density at radius 2 is 1.83 bits per heavy atom. The third-order valence-electron chi connectivity index (χ3n) is 13.2. The predicted octanol–water partition coefficient (Wildman–Crippen LogP) is 4.51. The maximum absolute atomic E-state index is 14.7. The molecule has 7 heterocycles. The molecule has 1 radical (unpaired) electrons. The van der Waals surface area contributed by atoms with Gasteiger partial charge in [0.15, 0.2) is 0 Å². The van der Waals surface area contributed by atoms with Crippen LogP contribution in [-0.4, -0.2) is 88.1 Å². The number of hydrogen-bond acceptors (Lipinski definition) is 10. The van der Waals surface area contributed by atoms with Crippen LogP contribution in [0.4, 0.5) is 21.6 Å². The molecule has 11 rings (SSSR count). The first-order valence-corrected chi connectivity index (χ1v) is 20.2. The number of ether oxygens (including phenoxy) is 1. The Morgan fingerprint density at radius 3 is 2.59 bits per heavy atom. The Kier molecular flexibility index (Phi) is 10.1. The number of amides is 3. The Balaban J connectivity index is 0.000000156. The molecule has 3 unspecified atom stereocenters. The summed E-state index contributed by atoms with van der Waals surface area (Å²) in [5, 5.41) is 9.41. The monoisotopic (exact) mass is 978 g/mol. The second kappa shape index (κ2) is 15.1. The van der Waals surface area contributed by atoms with Crippen LogP contribution in [0.15, 0.2) is 53.6 Å². The van der Waals surface area contributed by atoms with Gasteiger partial charge in [-0.2, -0.15) is 0 Å². The summed E-state index contributed by atoms with van der Waals surface area (Å²) in [6.45, 7) is 9.19. The summed E-state index contributed by atoms with van der Waals surface area (Å²) in [7, 11) is 1.78. The number of rotatable bonds is 7. The van der Waals surface area contributed by atoms with Crippen LogP contribution in [0.2, 0.25) is 0 Å². The minimum absolute atomic E-state index is 0. The van der Waals surface area contributed by atoms with E-state index in [0.717, 1.165) is 64.2 Å². The van der Waals surface area contributed by atoms with Crippen molar-refractivity contribution in [2.24, 2.45) is 30.2 Å². The summed E-state index contributed by atoms with van der Waals surface area (Å²) < 4.78 is 23.4. The number of carbonyl (C=O) groups is 2. The first-order valence-electron chi connectivity index (χ1n) is 20.2. The second-order valence-electron chi connectivity index (χ2n) is 17.2. The number of carbonyl (C=O) groups excluding carboxylic acids is 3. The van der Waals surface area contributed by atoms with E-state index >= 15 is 0 Å². The van der Waals surface area contributed by atoms with Crippen molar-refractivity contribution in [2.45, 2.75) is 45.1 Å². The zero-order valence-corrected chi connectivity index (χ0v) is 35.4. The Bertz CT molecular complexity index is 2570. The molecule has 6 aliphatic rings. The third kappa shape index (κ3) is 6.97. The van der Waals surface area contributed by atoms with E-state index in [1.165, 1.54) is 51.2 Å². The standard InChI is InChI=1S/C25H31N5O3.C18H14FN4O2.Os/c1-27-22-18(3-2-4-19(22)30(24(27)33)20-5-6-21(31)26-23(20)32)29-13-25(14-29)8-15(9-25)10-28-11-16-7-17(16)12-28;1-10-14(8-22-18-17(10)20-2-3-25-18)13-4-11-6-16(23-9-24)21-7-12(11)5-15(13)19;/h2-4,15-17,20H,5-14H2,1H3,(H,26,31,32);4-8,20H,2-3H2,1H3,(H,21,23,24);/q;-1;+1. The van der Waals surface area contributed by atoms with Gasteiger partial charge in [-0.05, 0) is 96.8 Å². The molecule has 5 fully saturated rings. The molecule has 0 bridgehead atoms. The molecule has 16 heteroatoms. The van der Waals surface area contributed by atoms with Crippen molar-refractivity contribution in [1.82, 2.24) is 29.3 Å². The summed E-state index contributed by atoms with van der Waals surface area (Å²) >= 11 is 0. The summed E-state index contributed by atoms with van der Waals surface area (Å²) in [5.41, 5.74) is 5.75. The zero-order valence-electron chi connectivity index (χ0n) is 32.9. The molecule has 2 aromatic carbocycles. The molecule has 3 N–H and O–H groups in total. The fourth-order valence-corrected chi connectivity index (χ4v) is 10.4. The number of aryl methyl sites for hydroxylation is 1. The van der Waals surface area contributed by atoms with Gasteiger partial charge in [-0.3, -0.25) is 24.0 Å². The number of nitrogens with one attached hydrogen (secondary N) is 3. The van der Waals surface area contributed by atoms with E-state index in [-0.39, 0.29) is 49.5 Å². The van der Waals surface area contributed by atoms with Crippen molar-refractivity contribution in [3.63, 3.8) is 0 Å². The number of imide groups is 1. The van der Waals surface area contributed by atoms with E-state index in [1.807, 2.05) is 19.1 Å². The van der Waals surface area contributed by atoms with E-state index in [1.54, 1.807) is 40.9 Å². The van der Waals surface area contributed by atoms with Gasteiger partial charge in [-0.15, -0.1) is 0 Å². The third-order valence-corrected chi connectivity index (χ3v) is 13.2. The van der Waals surface area contributed by atoms with Gasteiger partial charge in [0.2, 0.25) is 17.7 Å². The normalized spacial score (nSPS) is 22.8. The minimum atomic E-state index is -0.638. The largest absolute Gasteiger partial charge is 1.00 e. The number of fused-ring (bicyclic) bond motifs is 4. The van der Waals surface area contributed by atoms with E-state index in [0.29, 0.717) is 53.2 Å². The number of imidazole rings is 1. The van der Waals surface area contributed by atoms with Crippen molar-refractivity contribution in [2.75, 3.05) is 61.4 Å². The number of piperidine rings is 2. The molecule has 1 spiro atoms. The van der Waals surface area contributed by atoms with Crippen LogP contribution in [0, 0.1) is 35.9 Å². The number of likely N-dealkylation sites (tertiary alicyclic amines) is 1. The van der Waals surface area contributed by atoms with Crippen LogP contribution in [-0.2, 0) is 41.2 Å². The molecule has 2 aliphatic carbocycles. The van der Waals surface area contributed by atoms with Gasteiger partial charge in [-0.25, -0.2) is 14.2 Å². The number of para-hydroxylation sites is 1. The molecular formula is C43H45FN9O5Os. The van der Waals surface area contributed by atoms with Gasteiger partial charge in [0.1, 0.15) is 24.2 Å². The molecule has 3 saturated heterocycles. The van der Waals surface area contributed by atoms with Gasteiger partial charge in [0.05, 0.1) is 23.1 Å². The number of nitrogens with zero attached hydrogens (tertiary/aromatic N) is 6. The molecule has 3 aromatic heterocycles. The van der Waals surface area contributed by atoms with Crippen LogP contribution in [0.25, 0.3) is 32.9 Å². The van der Waals surface area contributed by atoms with E-state index < -0.39 is 6.04 Å². The van der Waals surface area contributed by atoms with Crippen molar-refractivity contribution >= 4 is 57.2 Å². The number of halogens is 1. The van der Waals surface area contributed by atoms with E-state index in [2.05, 4.69) is 41.8 Å². The van der Waals surface area contributed by atoms with Crippen LogP contribution in [0.5, 0.6) is 5.88 Å². The van der Waals surface area contributed by atoms with Gasteiger partial charge in [-0.1, -0.05) is 12.1 Å². The van der Waals surface area contributed by atoms with E-state index in [9.17, 15) is 23.6 Å². The SMILES string of the molecule is Cc1c(-c2cc3cc(N[C-]=O)ncc3cc2F)cnc2c1NCCO2.Cn1c(=O)n(C2CCC(=O)NC2=O)c2cccc(N3CC4(CC(CN5CC6CC6C5)C4)C3)c21.[Os+]. The minimum Gasteiger partial charge on any atom is -0.475 e. The van der Waals surface area contributed by atoms with Crippen molar-refractivity contribution < 1.29 is 43.3 Å². The number of anilines is 3. The van der Waals surface area contributed by atoms with Gasteiger partial charge in [0.25, 0.3) is 0 Å². The summed E-state index contributed by atoms with van der Waals surface area (Å²) in [6, 6.07) is 10.2. The van der Waals surface area contributed by atoms with Crippen LogP contribution in [0.1, 0.15) is 43.7 Å². The molecular weight excluding hydrogens is 932 g/mol. The van der Waals surface area contributed by atoms with Crippen molar-refractivity contribution in [3.8, 4) is 17.0 Å². The Hall–Kier alpha value is -5.19. The fourth-order valence-electron chi connectivity index (χ4n) is 10.4. The average Bonchev–Trinajstić information content (AvgIpc) is 3.71. The number of hydrogen-bond donors (Lipinski definition) is 3. The molecule has 307 valence electrons. The summed E-state index contributed by atoms with van der Waals surface area (Å²) in [4.78, 5) is 61.1. The zero-order chi connectivity index (χ0) is 39.9. The van der Waals surface area contributed by atoms with Crippen molar-refractivity contribution in [1.29, 1.82) is 0 Å². The number of aromatic nitrogens is 4. The maximum atomic E-state index is 14.7. The van der Waals surface area contributed by atoms with Gasteiger partial charge in [0, 0.05) is 81.7 Å². The Labute approximate surface area is 352 Å². The topological polar surface area (TPSA) is 156 Å². The van der Waals surface area contributed by atoms with Gasteiger partial charge < -0.3 is 34.9 Å². The first kappa shape index (κ1) is 39.3. The molecule has 5 aromatic rings. The second-order valence-corrected chi connectivity index (χ2v) is 17.2. The van der Waals surface area contributed by atoms with Crippen LogP contribution in [0.3, 0.4) is 0 Å². The first-order chi connectivity index (χ1) is 28.1. The molecule has 3 atom stereocenters. The average molecular weight is 977 g/mol. The smallest absolute Gasteiger partial charge is 0.475 e. The van der Waals surface area contributed by atoms with E-state index in [4.69, 9.17) is 4.74 Å². The van der Waals surface area contributed by atoms with Crippen molar-refractivity contribution in [3.05, 3.63) is 70.7 Å².